The van der Waals surface area contributed by atoms with E-state index in [9.17, 15) is 9.59 Å². The van der Waals surface area contributed by atoms with E-state index in [4.69, 9.17) is 37.4 Å². The van der Waals surface area contributed by atoms with Crippen LogP contribution in [0.5, 0.6) is 11.5 Å². The van der Waals surface area contributed by atoms with Crippen LogP contribution >= 0.6 is 23.2 Å². The number of rotatable bonds is 9. The molecule has 1 N–H and O–H groups in total. The van der Waals surface area contributed by atoms with Crippen LogP contribution in [-0.4, -0.2) is 31.7 Å². The van der Waals surface area contributed by atoms with E-state index in [1.165, 1.54) is 0 Å². The number of ether oxygens (including phenoxy) is 3. The molecule has 0 radical (unpaired) electrons. The Labute approximate surface area is 167 Å². The summed E-state index contributed by atoms with van der Waals surface area (Å²) in [4.78, 5) is 23.5. The summed E-state index contributed by atoms with van der Waals surface area (Å²) < 4.78 is 15.7. The van der Waals surface area contributed by atoms with Gasteiger partial charge in [0.2, 0.25) is 0 Å². The van der Waals surface area contributed by atoms with Crippen LogP contribution in [0.3, 0.4) is 0 Å². The topological polar surface area (TPSA) is 73.9 Å². The van der Waals surface area contributed by atoms with Gasteiger partial charge in [-0.3, -0.25) is 9.59 Å². The molecule has 2 aromatic carbocycles. The third-order valence-corrected chi connectivity index (χ3v) is 4.12. The van der Waals surface area contributed by atoms with Crippen LogP contribution in [0.2, 0.25) is 10.0 Å². The molecule has 0 heterocycles. The summed E-state index contributed by atoms with van der Waals surface area (Å²) in [6, 6.07) is 11.9. The average molecular weight is 412 g/mol. The fourth-order valence-electron chi connectivity index (χ4n) is 2.06. The van der Waals surface area contributed by atoms with E-state index in [1.54, 1.807) is 42.5 Å². The lowest BCUT2D eigenvalue weighted by Gasteiger charge is -2.09. The Hall–Kier alpha value is -2.44. The molecule has 0 saturated carbocycles. The third-order valence-electron chi connectivity index (χ3n) is 3.30. The third kappa shape index (κ3) is 7.00. The Morgan fingerprint density at radius 3 is 2.33 bits per heavy atom. The molecule has 0 aliphatic heterocycles. The Morgan fingerprint density at radius 1 is 1.00 bits per heavy atom. The predicted octanol–water partition coefficient (Wildman–Crippen LogP) is 4.34. The molecule has 0 aromatic heterocycles. The molecule has 0 spiro atoms. The maximum atomic E-state index is 11.8. The van der Waals surface area contributed by atoms with Crippen LogP contribution in [0.4, 0.5) is 5.69 Å². The summed E-state index contributed by atoms with van der Waals surface area (Å²) in [6.45, 7) is 2.20. The van der Waals surface area contributed by atoms with Gasteiger partial charge in [-0.05, 0) is 43.3 Å². The van der Waals surface area contributed by atoms with Gasteiger partial charge in [0, 0.05) is 0 Å². The Balaban J connectivity index is 1.68. The van der Waals surface area contributed by atoms with Crippen molar-refractivity contribution >= 4 is 40.8 Å². The van der Waals surface area contributed by atoms with Crippen LogP contribution in [0.15, 0.2) is 42.5 Å². The molecular weight excluding hydrogens is 393 g/mol. The number of halogens is 2. The lowest BCUT2D eigenvalue weighted by atomic mass is 10.3. The lowest BCUT2D eigenvalue weighted by molar-refractivity contribution is -0.147. The molecule has 6 nitrogen and oxygen atoms in total. The molecule has 0 atom stereocenters. The molecule has 0 aliphatic carbocycles. The number of anilines is 1. The quantitative estimate of drug-likeness (QED) is 0.621. The van der Waals surface area contributed by atoms with E-state index in [-0.39, 0.29) is 18.1 Å². The molecular formula is C19H19Cl2NO5. The lowest BCUT2D eigenvalue weighted by Crippen LogP contribution is -2.21. The van der Waals surface area contributed by atoms with Gasteiger partial charge in [0.05, 0.1) is 35.4 Å². The second kappa shape index (κ2) is 10.6. The van der Waals surface area contributed by atoms with Crippen LogP contribution in [0.25, 0.3) is 0 Å². The number of carbonyl (C=O) groups is 2. The summed E-state index contributed by atoms with van der Waals surface area (Å²) in [5, 5.41) is 3.07. The highest BCUT2D eigenvalue weighted by atomic mass is 35.5. The SMILES string of the molecule is CCOc1ccc(OCCC(=O)OCC(=O)Nc2cccc(Cl)c2Cl)cc1. The molecule has 144 valence electrons. The van der Waals surface area contributed by atoms with E-state index in [1.807, 2.05) is 6.92 Å². The number of carbonyl (C=O) groups excluding carboxylic acids is 2. The van der Waals surface area contributed by atoms with Gasteiger partial charge >= 0.3 is 5.97 Å². The summed E-state index contributed by atoms with van der Waals surface area (Å²) in [6.07, 6.45) is 0.0123. The first-order chi connectivity index (χ1) is 13.0. The highest BCUT2D eigenvalue weighted by Crippen LogP contribution is 2.29. The minimum atomic E-state index is -0.548. The van der Waals surface area contributed by atoms with E-state index in [0.717, 1.165) is 5.75 Å². The number of nitrogens with one attached hydrogen (secondary N) is 1. The first-order valence-corrected chi connectivity index (χ1v) is 9.00. The summed E-state index contributed by atoms with van der Waals surface area (Å²) in [7, 11) is 0. The molecule has 27 heavy (non-hydrogen) atoms. The largest absolute Gasteiger partial charge is 0.494 e. The number of esters is 1. The van der Waals surface area contributed by atoms with Gasteiger partial charge in [-0.25, -0.2) is 0 Å². The normalized spacial score (nSPS) is 10.2. The summed E-state index contributed by atoms with van der Waals surface area (Å²) in [5.74, 6) is 0.294. The fourth-order valence-corrected chi connectivity index (χ4v) is 2.40. The van der Waals surface area contributed by atoms with Crippen molar-refractivity contribution in [2.24, 2.45) is 0 Å². The zero-order valence-corrected chi connectivity index (χ0v) is 16.2. The van der Waals surface area contributed by atoms with Crippen molar-refractivity contribution in [2.75, 3.05) is 25.1 Å². The molecule has 0 aliphatic rings. The highest BCUT2D eigenvalue weighted by molar-refractivity contribution is 6.44. The van der Waals surface area contributed by atoms with E-state index in [0.29, 0.717) is 23.1 Å². The van der Waals surface area contributed by atoms with Crippen LogP contribution in [0.1, 0.15) is 13.3 Å². The van der Waals surface area contributed by atoms with Crippen molar-refractivity contribution < 1.29 is 23.8 Å². The smallest absolute Gasteiger partial charge is 0.309 e. The standard InChI is InChI=1S/C19H19Cl2NO5/c1-2-25-13-6-8-14(9-7-13)26-11-10-18(24)27-12-17(23)22-16-5-3-4-15(20)19(16)21/h3-9H,2,10-12H2,1H3,(H,22,23). The Kier molecular flexibility index (Phi) is 8.23. The van der Waals surface area contributed by atoms with Crippen molar-refractivity contribution in [1.82, 2.24) is 0 Å². The minimum absolute atomic E-state index is 0.0123. The highest BCUT2D eigenvalue weighted by Gasteiger charge is 2.11. The molecule has 2 aromatic rings. The minimum Gasteiger partial charge on any atom is -0.494 e. The Bertz CT molecular complexity index is 780. The molecule has 2 rings (SSSR count). The molecule has 0 unspecified atom stereocenters. The van der Waals surface area contributed by atoms with Gasteiger partial charge in [-0.2, -0.15) is 0 Å². The number of hydrogen-bond acceptors (Lipinski definition) is 5. The maximum absolute atomic E-state index is 11.8. The van der Waals surface area contributed by atoms with E-state index in [2.05, 4.69) is 5.32 Å². The number of hydrogen-bond donors (Lipinski definition) is 1. The Morgan fingerprint density at radius 2 is 1.67 bits per heavy atom. The van der Waals surface area contributed by atoms with Gasteiger partial charge in [-0.15, -0.1) is 0 Å². The molecule has 0 saturated heterocycles. The van der Waals surface area contributed by atoms with Crippen LogP contribution in [0, 0.1) is 0 Å². The van der Waals surface area contributed by atoms with Gasteiger partial charge in [0.1, 0.15) is 11.5 Å². The molecule has 8 heteroatoms. The first kappa shape index (κ1) is 20.9. The van der Waals surface area contributed by atoms with Crippen molar-refractivity contribution in [2.45, 2.75) is 13.3 Å². The monoisotopic (exact) mass is 411 g/mol. The second-order valence-corrected chi connectivity index (χ2v) is 6.10. The van der Waals surface area contributed by atoms with Crippen molar-refractivity contribution in [3.63, 3.8) is 0 Å². The summed E-state index contributed by atoms with van der Waals surface area (Å²) in [5.41, 5.74) is 0.351. The van der Waals surface area contributed by atoms with Crippen molar-refractivity contribution in [3.05, 3.63) is 52.5 Å². The molecule has 0 fully saturated rings. The van der Waals surface area contributed by atoms with Gasteiger partial charge in [0.15, 0.2) is 6.61 Å². The predicted molar refractivity (Wildman–Crippen MR) is 104 cm³/mol. The average Bonchev–Trinajstić information content (AvgIpc) is 2.65. The van der Waals surface area contributed by atoms with Crippen molar-refractivity contribution in [1.29, 1.82) is 0 Å². The second-order valence-electron chi connectivity index (χ2n) is 5.31. The van der Waals surface area contributed by atoms with Gasteiger partial charge < -0.3 is 19.5 Å². The zero-order valence-electron chi connectivity index (χ0n) is 14.7. The fraction of sp³-hybridized carbons (Fsp3) is 0.263. The van der Waals surface area contributed by atoms with Gasteiger partial charge in [0.25, 0.3) is 5.91 Å². The van der Waals surface area contributed by atoms with Gasteiger partial charge in [-0.1, -0.05) is 29.3 Å². The molecule has 1 amide bonds. The van der Waals surface area contributed by atoms with E-state index >= 15 is 0 Å². The van der Waals surface area contributed by atoms with Crippen LogP contribution < -0.4 is 14.8 Å². The first-order valence-electron chi connectivity index (χ1n) is 8.24. The van der Waals surface area contributed by atoms with Crippen molar-refractivity contribution in [3.8, 4) is 11.5 Å². The molecule has 0 bridgehead atoms. The van der Waals surface area contributed by atoms with E-state index < -0.39 is 18.5 Å². The summed E-state index contributed by atoms with van der Waals surface area (Å²) >= 11 is 11.8. The van der Waals surface area contributed by atoms with Crippen LogP contribution in [-0.2, 0) is 14.3 Å². The zero-order chi connectivity index (χ0) is 19.6. The number of amides is 1. The number of benzene rings is 2. The maximum Gasteiger partial charge on any atom is 0.309 e.